The van der Waals surface area contributed by atoms with Gasteiger partial charge in [0, 0.05) is 31.1 Å². The molecule has 0 aromatic heterocycles. The van der Waals surface area contributed by atoms with Gasteiger partial charge in [0.1, 0.15) is 6.61 Å². The van der Waals surface area contributed by atoms with Crippen LogP contribution in [0.25, 0.3) is 0 Å². The van der Waals surface area contributed by atoms with Crippen molar-refractivity contribution in [3.8, 4) is 0 Å². The normalized spacial score (nSPS) is 49.1. The fraction of sp³-hybridized carbons (Fsp3) is 0.862. The Morgan fingerprint density at radius 1 is 1.06 bits per heavy atom. The Morgan fingerprint density at radius 3 is 2.58 bits per heavy atom. The highest BCUT2D eigenvalue weighted by Crippen LogP contribution is 2.70. The van der Waals surface area contributed by atoms with E-state index in [-0.39, 0.29) is 28.8 Å². The summed E-state index contributed by atoms with van der Waals surface area (Å²) >= 11 is 0. The first-order valence-corrected chi connectivity index (χ1v) is 14.3. The van der Waals surface area contributed by atoms with Crippen LogP contribution in [0.3, 0.4) is 0 Å². The van der Waals surface area contributed by atoms with Gasteiger partial charge in [-0.2, -0.15) is 0 Å². The molecule has 4 aliphatic carbocycles. The molecule has 6 aliphatic rings. The van der Waals surface area contributed by atoms with Crippen LogP contribution < -0.4 is 0 Å². The first kappa shape index (κ1) is 24.7. The Hall–Kier alpha value is -1.60. The average molecular weight is 501 g/mol. The van der Waals surface area contributed by atoms with E-state index in [1.807, 2.05) is 0 Å². The maximum Gasteiger partial charge on any atom is 0.407 e. The molecule has 7 nitrogen and oxygen atoms in total. The summed E-state index contributed by atoms with van der Waals surface area (Å²) in [7, 11) is 2.11. The van der Waals surface area contributed by atoms with Gasteiger partial charge in [-0.05, 0) is 105 Å². The van der Waals surface area contributed by atoms with Gasteiger partial charge in [-0.25, -0.2) is 9.59 Å². The number of hydrogen-bond acceptors (Lipinski definition) is 5. The zero-order valence-corrected chi connectivity index (χ0v) is 22.2. The molecule has 0 aromatic carbocycles. The number of hydrogen-bond donors (Lipinski definition) is 2. The molecule has 6 rings (SSSR count). The largest absolute Gasteiger partial charge is 0.465 e. The summed E-state index contributed by atoms with van der Waals surface area (Å²) in [6, 6.07) is 0.0996. The number of ether oxygens (including phenoxy) is 1. The molecule has 3 unspecified atom stereocenters. The van der Waals surface area contributed by atoms with Crippen molar-refractivity contribution in [1.82, 2.24) is 9.80 Å². The molecule has 7 heteroatoms. The zero-order chi connectivity index (χ0) is 25.5. The van der Waals surface area contributed by atoms with Gasteiger partial charge in [-0.3, -0.25) is 0 Å². The van der Waals surface area contributed by atoms with Crippen molar-refractivity contribution in [1.29, 1.82) is 0 Å². The lowest BCUT2D eigenvalue weighted by Crippen LogP contribution is -2.63. The van der Waals surface area contributed by atoms with Crippen LogP contribution in [0.5, 0.6) is 0 Å². The van der Waals surface area contributed by atoms with Gasteiger partial charge >= 0.3 is 12.1 Å². The molecule has 0 bridgehead atoms. The Balaban J connectivity index is 1.22. The number of carbonyl (C=O) groups is 2. The molecule has 2 aliphatic heterocycles. The Kier molecular flexibility index (Phi) is 5.81. The smallest absolute Gasteiger partial charge is 0.407 e. The highest BCUT2D eigenvalue weighted by Gasteiger charge is 2.67. The van der Waals surface area contributed by atoms with Crippen LogP contribution in [0.2, 0.25) is 0 Å². The Morgan fingerprint density at radius 2 is 1.86 bits per heavy atom. The zero-order valence-electron chi connectivity index (χ0n) is 22.2. The minimum absolute atomic E-state index is 0.0996. The number of fused-ring (bicyclic) bond motifs is 5. The lowest BCUT2D eigenvalue weighted by molar-refractivity contribution is -0.207. The first-order valence-electron chi connectivity index (χ1n) is 14.3. The maximum atomic E-state index is 12.4. The van der Waals surface area contributed by atoms with Crippen LogP contribution >= 0.6 is 0 Å². The fourth-order valence-electron chi connectivity index (χ4n) is 10.4. The lowest BCUT2D eigenvalue weighted by atomic mass is 9.42. The number of piperazine rings is 1. The highest BCUT2D eigenvalue weighted by molar-refractivity contribution is 5.85. The van der Waals surface area contributed by atoms with Gasteiger partial charge in [-0.1, -0.05) is 13.8 Å². The minimum atomic E-state index is -0.765. The SMILES string of the molecule is CN1CCN(C(=O)O)C(C2CC[C@@]3(C)C(CC[C@@H]4[C@@H]3CC[C@]3(C)[C@@H](C5=CC(=O)OC5)CC[C@]43O)C2)C1. The molecular formula is C29H44N2O5. The second kappa shape index (κ2) is 8.45. The van der Waals surface area contributed by atoms with Crippen molar-refractivity contribution in [2.75, 3.05) is 33.3 Å². The number of amides is 1. The summed E-state index contributed by atoms with van der Waals surface area (Å²) in [6.45, 7) is 7.45. The molecule has 0 aromatic rings. The third-order valence-corrected chi connectivity index (χ3v) is 12.4. The average Bonchev–Trinajstić information content (AvgIpc) is 3.38. The van der Waals surface area contributed by atoms with Crippen LogP contribution in [0.1, 0.15) is 71.6 Å². The van der Waals surface area contributed by atoms with Crippen LogP contribution in [0, 0.1) is 40.4 Å². The van der Waals surface area contributed by atoms with Crippen LogP contribution in [0.4, 0.5) is 4.79 Å². The van der Waals surface area contributed by atoms with E-state index >= 15 is 0 Å². The Labute approximate surface area is 215 Å². The number of rotatable bonds is 2. The van der Waals surface area contributed by atoms with Gasteiger partial charge in [0.15, 0.2) is 0 Å². The topological polar surface area (TPSA) is 90.3 Å². The molecule has 9 atom stereocenters. The number of esters is 1. The molecule has 1 saturated heterocycles. The van der Waals surface area contributed by atoms with Gasteiger partial charge < -0.3 is 24.7 Å². The summed E-state index contributed by atoms with van der Waals surface area (Å²) in [4.78, 5) is 27.8. The molecule has 0 spiro atoms. The molecule has 2 N–H and O–H groups in total. The lowest BCUT2D eigenvalue weighted by Gasteiger charge is -2.64. The minimum Gasteiger partial charge on any atom is -0.465 e. The summed E-state index contributed by atoms with van der Waals surface area (Å²) in [5, 5.41) is 22.3. The molecule has 1 amide bonds. The monoisotopic (exact) mass is 500 g/mol. The van der Waals surface area contributed by atoms with E-state index < -0.39 is 11.7 Å². The van der Waals surface area contributed by atoms with E-state index in [0.717, 1.165) is 76.5 Å². The predicted octanol–water partition coefficient (Wildman–Crippen LogP) is 4.15. The van der Waals surface area contributed by atoms with Gasteiger partial charge in [-0.15, -0.1) is 0 Å². The van der Waals surface area contributed by atoms with E-state index in [4.69, 9.17) is 4.74 Å². The van der Waals surface area contributed by atoms with Crippen molar-refractivity contribution < 1.29 is 24.5 Å². The van der Waals surface area contributed by atoms with Crippen molar-refractivity contribution in [3.63, 3.8) is 0 Å². The summed E-state index contributed by atoms with van der Waals surface area (Å²) in [6.07, 6.45) is 10.4. The summed E-state index contributed by atoms with van der Waals surface area (Å²) in [5.74, 6) is 1.88. The number of aliphatic hydroxyl groups is 1. The molecule has 36 heavy (non-hydrogen) atoms. The molecule has 2 heterocycles. The number of cyclic esters (lactones) is 1. The first-order chi connectivity index (χ1) is 17.1. The standard InChI is InChI=1S/C29H44N2O5/c1-27-9-6-18(24-16-30(3)12-13-31(24)26(33)34)14-20(27)4-5-23-22(27)7-10-28(2)21(8-11-29(23,28)35)19-15-25(32)36-17-19/h15,18,20-24,35H,4-14,16-17H2,1-3H3,(H,33,34)/t18?,20?,21-,22+,23-,24?,27+,28-,29+/m1/s1. The third-order valence-electron chi connectivity index (χ3n) is 12.4. The molecule has 0 radical (unpaired) electrons. The van der Waals surface area contributed by atoms with Crippen molar-refractivity contribution in [2.45, 2.75) is 83.3 Å². The molecule has 5 fully saturated rings. The molecular weight excluding hydrogens is 456 g/mol. The van der Waals surface area contributed by atoms with E-state index in [2.05, 4.69) is 25.8 Å². The third kappa shape index (κ3) is 3.44. The number of nitrogens with zero attached hydrogens (tertiary/aromatic N) is 2. The number of carboxylic acid groups (broad SMARTS) is 1. The summed E-state index contributed by atoms with van der Waals surface area (Å²) in [5.41, 5.74) is 0.444. The highest BCUT2D eigenvalue weighted by atomic mass is 16.5. The maximum absolute atomic E-state index is 12.4. The second-order valence-electron chi connectivity index (χ2n) is 13.6. The van der Waals surface area contributed by atoms with Crippen molar-refractivity contribution >= 4 is 12.1 Å². The summed E-state index contributed by atoms with van der Waals surface area (Å²) < 4.78 is 5.26. The predicted molar refractivity (Wildman–Crippen MR) is 135 cm³/mol. The van der Waals surface area contributed by atoms with E-state index in [1.54, 1.807) is 11.0 Å². The Bertz CT molecular complexity index is 967. The van der Waals surface area contributed by atoms with Crippen LogP contribution in [0.15, 0.2) is 11.6 Å². The van der Waals surface area contributed by atoms with Crippen LogP contribution in [-0.4, -0.2) is 77.0 Å². The van der Waals surface area contributed by atoms with Crippen LogP contribution in [-0.2, 0) is 9.53 Å². The second-order valence-corrected chi connectivity index (χ2v) is 13.6. The van der Waals surface area contributed by atoms with Gasteiger partial charge in [0.2, 0.25) is 0 Å². The van der Waals surface area contributed by atoms with Crippen molar-refractivity contribution in [3.05, 3.63) is 11.6 Å². The number of likely N-dealkylation sites (N-methyl/N-ethyl adjacent to an activating group) is 1. The van der Waals surface area contributed by atoms with E-state index in [9.17, 15) is 19.8 Å². The molecule has 200 valence electrons. The number of carbonyl (C=O) groups excluding carboxylic acids is 1. The van der Waals surface area contributed by atoms with E-state index in [1.165, 1.54) is 0 Å². The van der Waals surface area contributed by atoms with E-state index in [0.29, 0.717) is 36.8 Å². The van der Waals surface area contributed by atoms with Gasteiger partial charge in [0.25, 0.3) is 0 Å². The van der Waals surface area contributed by atoms with Gasteiger partial charge in [0.05, 0.1) is 11.6 Å². The molecule has 4 saturated carbocycles. The fourth-order valence-corrected chi connectivity index (χ4v) is 10.4. The van der Waals surface area contributed by atoms with Crippen molar-refractivity contribution in [2.24, 2.45) is 40.4 Å². The quantitative estimate of drug-likeness (QED) is 0.554.